The van der Waals surface area contributed by atoms with E-state index in [1.165, 1.54) is 5.57 Å². The normalized spacial score (nSPS) is 37.8. The minimum atomic E-state index is -0.606. The Hall–Kier alpha value is -0.600. The monoisotopic (exact) mass is 306 g/mol. The fraction of sp³-hybridized carbons (Fsp3) is 0.800. The van der Waals surface area contributed by atoms with Crippen LogP contribution in [-0.2, 0) is 0 Å². The molecule has 22 heavy (non-hydrogen) atoms. The molecule has 0 amide bonds. The maximum atomic E-state index is 11.1. The molecule has 2 N–H and O–H groups in total. The van der Waals surface area contributed by atoms with Gasteiger partial charge in [-0.05, 0) is 89.0 Å². The minimum Gasteiger partial charge on any atom is -0.390 e. The summed E-state index contributed by atoms with van der Waals surface area (Å²) in [6, 6.07) is 0. The average Bonchev–Trinajstić information content (AvgIpc) is 2.67. The number of hydrogen-bond donors (Lipinski definition) is 2. The van der Waals surface area contributed by atoms with Gasteiger partial charge in [-0.1, -0.05) is 24.6 Å². The molecule has 0 radical (unpaired) electrons. The van der Waals surface area contributed by atoms with Crippen LogP contribution in [0, 0.1) is 17.3 Å². The largest absolute Gasteiger partial charge is 0.390 e. The van der Waals surface area contributed by atoms with Crippen molar-refractivity contribution in [3.05, 3.63) is 23.3 Å². The second-order valence-corrected chi connectivity index (χ2v) is 8.49. The Bertz CT molecular complexity index is 456. The molecule has 0 saturated heterocycles. The minimum absolute atomic E-state index is 0.166. The summed E-state index contributed by atoms with van der Waals surface area (Å²) in [4.78, 5) is 0. The number of aliphatic hydroxyl groups is 2. The van der Waals surface area contributed by atoms with Gasteiger partial charge >= 0.3 is 0 Å². The van der Waals surface area contributed by atoms with Gasteiger partial charge in [0.25, 0.3) is 0 Å². The fourth-order valence-electron chi connectivity index (χ4n) is 4.69. The first-order valence-electron chi connectivity index (χ1n) is 8.86. The van der Waals surface area contributed by atoms with E-state index < -0.39 is 5.60 Å². The molecule has 0 bridgehead atoms. The van der Waals surface area contributed by atoms with Crippen molar-refractivity contribution >= 4 is 0 Å². The van der Waals surface area contributed by atoms with Crippen LogP contribution in [0.3, 0.4) is 0 Å². The molecule has 2 rings (SSSR count). The molecule has 0 aliphatic heterocycles. The van der Waals surface area contributed by atoms with E-state index in [-0.39, 0.29) is 11.5 Å². The molecule has 2 heteroatoms. The summed E-state index contributed by atoms with van der Waals surface area (Å²) >= 11 is 0. The smallest absolute Gasteiger partial charge is 0.0752 e. The molecule has 0 heterocycles. The van der Waals surface area contributed by atoms with Gasteiger partial charge in [-0.2, -0.15) is 0 Å². The van der Waals surface area contributed by atoms with Crippen LogP contribution in [0.2, 0.25) is 0 Å². The zero-order chi connectivity index (χ0) is 16.5. The van der Waals surface area contributed by atoms with Crippen molar-refractivity contribution in [3.63, 3.8) is 0 Å². The van der Waals surface area contributed by atoms with Gasteiger partial charge in [-0.25, -0.2) is 0 Å². The van der Waals surface area contributed by atoms with Crippen LogP contribution in [0.5, 0.6) is 0 Å². The second-order valence-electron chi connectivity index (χ2n) is 8.49. The summed E-state index contributed by atoms with van der Waals surface area (Å²) in [6.45, 7) is 10.6. The highest BCUT2D eigenvalue weighted by Crippen LogP contribution is 2.56. The highest BCUT2D eigenvalue weighted by molar-refractivity contribution is 5.14. The third-order valence-corrected chi connectivity index (χ3v) is 6.29. The summed E-state index contributed by atoms with van der Waals surface area (Å²) < 4.78 is 0. The zero-order valence-corrected chi connectivity index (χ0v) is 15.0. The maximum absolute atomic E-state index is 11.1. The molecule has 0 aromatic carbocycles. The van der Waals surface area contributed by atoms with Crippen LogP contribution in [0.15, 0.2) is 23.3 Å². The maximum Gasteiger partial charge on any atom is 0.0752 e. The lowest BCUT2D eigenvalue weighted by Gasteiger charge is -2.39. The molecule has 0 aromatic rings. The first kappa shape index (κ1) is 17.7. The van der Waals surface area contributed by atoms with Gasteiger partial charge in [0.15, 0.2) is 0 Å². The van der Waals surface area contributed by atoms with E-state index in [2.05, 4.69) is 32.9 Å². The summed E-state index contributed by atoms with van der Waals surface area (Å²) in [5, 5.41) is 21.4. The summed E-state index contributed by atoms with van der Waals surface area (Å²) in [6.07, 6.45) is 9.98. The number of aliphatic hydroxyl groups excluding tert-OH is 1. The van der Waals surface area contributed by atoms with Crippen LogP contribution >= 0.6 is 0 Å². The third kappa shape index (κ3) is 3.65. The van der Waals surface area contributed by atoms with E-state index in [0.717, 1.165) is 44.1 Å². The fourth-order valence-corrected chi connectivity index (χ4v) is 4.69. The predicted octanol–water partition coefficient (Wildman–Crippen LogP) is 4.62. The average molecular weight is 306 g/mol. The van der Waals surface area contributed by atoms with Crippen molar-refractivity contribution in [2.75, 3.05) is 0 Å². The molecule has 5 unspecified atom stereocenters. The molecule has 0 spiro atoms. The Balaban J connectivity index is 2.14. The summed E-state index contributed by atoms with van der Waals surface area (Å²) in [5.74, 6) is 0.832. The zero-order valence-electron chi connectivity index (χ0n) is 15.0. The predicted molar refractivity (Wildman–Crippen MR) is 92.6 cm³/mol. The van der Waals surface area contributed by atoms with E-state index in [0.29, 0.717) is 11.8 Å². The van der Waals surface area contributed by atoms with Crippen LogP contribution in [0.1, 0.15) is 73.1 Å². The van der Waals surface area contributed by atoms with Crippen LogP contribution in [0.25, 0.3) is 0 Å². The lowest BCUT2D eigenvalue weighted by molar-refractivity contribution is -0.0379. The van der Waals surface area contributed by atoms with Crippen molar-refractivity contribution in [1.29, 1.82) is 0 Å². The number of allylic oxidation sites excluding steroid dienone is 3. The number of rotatable bonds is 4. The van der Waals surface area contributed by atoms with E-state index in [1.54, 1.807) is 0 Å². The van der Waals surface area contributed by atoms with Crippen molar-refractivity contribution in [2.45, 2.75) is 84.8 Å². The summed E-state index contributed by atoms with van der Waals surface area (Å²) in [7, 11) is 0. The van der Waals surface area contributed by atoms with E-state index in [4.69, 9.17) is 0 Å². The van der Waals surface area contributed by atoms with Gasteiger partial charge in [-0.15, -0.1) is 0 Å². The lowest BCUT2D eigenvalue weighted by atomic mass is 9.68. The van der Waals surface area contributed by atoms with E-state index >= 15 is 0 Å². The molecule has 5 atom stereocenters. The molecule has 1 saturated carbocycles. The molecular weight excluding hydrogens is 272 g/mol. The Morgan fingerprint density at radius 2 is 2.14 bits per heavy atom. The molecule has 2 nitrogen and oxygen atoms in total. The first-order chi connectivity index (χ1) is 10.2. The van der Waals surface area contributed by atoms with Crippen LogP contribution in [-0.4, -0.2) is 21.9 Å². The molecule has 2 aliphatic rings. The van der Waals surface area contributed by atoms with Crippen molar-refractivity contribution in [2.24, 2.45) is 17.3 Å². The van der Waals surface area contributed by atoms with Gasteiger partial charge in [0, 0.05) is 0 Å². The highest BCUT2D eigenvalue weighted by Gasteiger charge is 2.51. The number of hydrogen-bond acceptors (Lipinski definition) is 2. The van der Waals surface area contributed by atoms with Crippen molar-refractivity contribution in [1.82, 2.24) is 0 Å². The van der Waals surface area contributed by atoms with Crippen LogP contribution in [0.4, 0.5) is 0 Å². The Morgan fingerprint density at radius 1 is 1.45 bits per heavy atom. The van der Waals surface area contributed by atoms with Gasteiger partial charge < -0.3 is 10.2 Å². The van der Waals surface area contributed by atoms with E-state index in [9.17, 15) is 10.2 Å². The number of fused-ring (bicyclic) bond motifs is 1. The van der Waals surface area contributed by atoms with Gasteiger partial charge in [0.2, 0.25) is 0 Å². The molecule has 1 fully saturated rings. The van der Waals surface area contributed by atoms with Gasteiger partial charge in [0.05, 0.1) is 11.7 Å². The molecule has 0 aromatic heterocycles. The summed E-state index contributed by atoms with van der Waals surface area (Å²) in [5.41, 5.74) is 1.99. The lowest BCUT2D eigenvalue weighted by Crippen LogP contribution is -2.40. The second kappa shape index (κ2) is 6.49. The highest BCUT2D eigenvalue weighted by atomic mass is 16.3. The van der Waals surface area contributed by atoms with Crippen LogP contribution < -0.4 is 0 Å². The third-order valence-electron chi connectivity index (χ3n) is 6.29. The Morgan fingerprint density at radius 3 is 2.77 bits per heavy atom. The molecule has 126 valence electrons. The first-order valence-corrected chi connectivity index (χ1v) is 8.86. The van der Waals surface area contributed by atoms with Gasteiger partial charge in [0.1, 0.15) is 0 Å². The van der Waals surface area contributed by atoms with Gasteiger partial charge in [-0.3, -0.25) is 0 Å². The van der Waals surface area contributed by atoms with Crippen molar-refractivity contribution < 1.29 is 10.2 Å². The molecular formula is C20H34O2. The van der Waals surface area contributed by atoms with E-state index in [1.807, 2.05) is 13.8 Å². The Kier molecular flexibility index (Phi) is 5.23. The topological polar surface area (TPSA) is 40.5 Å². The Labute approximate surface area is 136 Å². The SMILES string of the molecule is CC(C)=CCCC(C)(O)C1CCC2(C)CC(O)C(C)=CCC12. The molecule has 2 aliphatic carbocycles. The van der Waals surface area contributed by atoms with Crippen molar-refractivity contribution in [3.8, 4) is 0 Å². The standard InChI is InChI=1S/C20H34O2/c1-14(2)7-6-11-20(5,22)17-10-12-19(4)13-18(21)15(3)8-9-16(17)19/h7-8,16-18,21-22H,6,9-13H2,1-5H3. The quantitative estimate of drug-likeness (QED) is 0.744.